The molecule has 1 aromatic rings. The van der Waals surface area contributed by atoms with Gasteiger partial charge in [0.05, 0.1) is 0 Å². The molecule has 0 aliphatic heterocycles. The highest BCUT2D eigenvalue weighted by Gasteiger charge is 2.10. The molecule has 0 saturated carbocycles. The number of hydrogen-bond acceptors (Lipinski definition) is 1. The molecular weight excluding hydrogens is 278 g/mol. The number of rotatable bonds is 11. The van der Waals surface area contributed by atoms with E-state index in [4.69, 9.17) is 11.6 Å². The summed E-state index contributed by atoms with van der Waals surface area (Å²) in [5.41, 5.74) is 2.57. The average Bonchev–Trinajstić information content (AvgIpc) is 2.44. The van der Waals surface area contributed by atoms with E-state index in [0.717, 1.165) is 5.02 Å². The molecule has 1 aromatic carbocycles. The predicted octanol–water partition coefficient (Wildman–Crippen LogP) is 6.44. The number of aryl methyl sites for hydroxylation is 1. The van der Waals surface area contributed by atoms with Gasteiger partial charge in [0.25, 0.3) is 0 Å². The minimum Gasteiger partial charge on any atom is -0.313 e. The molecule has 0 aromatic heterocycles. The molecule has 0 spiro atoms. The Morgan fingerprint density at radius 2 is 1.57 bits per heavy atom. The molecule has 0 fully saturated rings. The highest BCUT2D eigenvalue weighted by Crippen LogP contribution is 2.24. The minimum atomic E-state index is 0.433. The standard InChI is InChI=1S/C19H32ClN/c1-4-5-6-7-8-9-10-11-12-19(21-3)17-13-16(2)14-18(20)15-17/h13-15,19,21H,4-12H2,1-3H3. The fourth-order valence-electron chi connectivity index (χ4n) is 2.93. The van der Waals surface area contributed by atoms with Crippen molar-refractivity contribution in [1.29, 1.82) is 0 Å². The van der Waals surface area contributed by atoms with Gasteiger partial charge in [0, 0.05) is 11.1 Å². The van der Waals surface area contributed by atoms with Gasteiger partial charge in [-0.2, -0.15) is 0 Å². The summed E-state index contributed by atoms with van der Waals surface area (Å²) >= 11 is 6.17. The quantitative estimate of drug-likeness (QED) is 0.464. The number of halogens is 1. The Kier molecular flexibility index (Phi) is 9.78. The third-order valence-corrected chi connectivity index (χ3v) is 4.38. The summed E-state index contributed by atoms with van der Waals surface area (Å²) in [6.45, 7) is 4.38. The molecule has 120 valence electrons. The van der Waals surface area contributed by atoms with Crippen LogP contribution in [0.3, 0.4) is 0 Å². The minimum absolute atomic E-state index is 0.433. The van der Waals surface area contributed by atoms with Crippen LogP contribution in [0.2, 0.25) is 5.02 Å². The van der Waals surface area contributed by atoms with Crippen LogP contribution in [0.25, 0.3) is 0 Å². The van der Waals surface area contributed by atoms with Crippen molar-refractivity contribution in [3.8, 4) is 0 Å². The first-order chi connectivity index (χ1) is 10.2. The van der Waals surface area contributed by atoms with Crippen LogP contribution in [0, 0.1) is 6.92 Å². The van der Waals surface area contributed by atoms with Gasteiger partial charge in [-0.15, -0.1) is 0 Å². The van der Waals surface area contributed by atoms with E-state index in [0.29, 0.717) is 6.04 Å². The summed E-state index contributed by atoms with van der Waals surface area (Å²) in [5.74, 6) is 0. The topological polar surface area (TPSA) is 12.0 Å². The highest BCUT2D eigenvalue weighted by atomic mass is 35.5. The monoisotopic (exact) mass is 309 g/mol. The molecule has 21 heavy (non-hydrogen) atoms. The second-order valence-electron chi connectivity index (χ2n) is 6.17. The lowest BCUT2D eigenvalue weighted by Crippen LogP contribution is -2.16. The summed E-state index contributed by atoms with van der Waals surface area (Å²) in [7, 11) is 2.05. The van der Waals surface area contributed by atoms with Crippen molar-refractivity contribution in [3.05, 3.63) is 34.3 Å². The molecule has 1 nitrogen and oxygen atoms in total. The Morgan fingerprint density at radius 1 is 0.952 bits per heavy atom. The molecule has 0 aliphatic rings. The molecule has 0 saturated heterocycles. The van der Waals surface area contributed by atoms with Crippen LogP contribution in [0.15, 0.2) is 18.2 Å². The van der Waals surface area contributed by atoms with E-state index in [-0.39, 0.29) is 0 Å². The molecule has 1 N–H and O–H groups in total. The Balaban J connectivity index is 2.25. The van der Waals surface area contributed by atoms with Gasteiger partial charge in [0.1, 0.15) is 0 Å². The molecule has 1 rings (SSSR count). The van der Waals surface area contributed by atoms with Gasteiger partial charge in [0.15, 0.2) is 0 Å². The van der Waals surface area contributed by atoms with E-state index < -0.39 is 0 Å². The second kappa shape index (κ2) is 11.1. The number of hydrogen-bond donors (Lipinski definition) is 1. The molecular formula is C19H32ClN. The van der Waals surface area contributed by atoms with E-state index in [1.807, 2.05) is 13.1 Å². The van der Waals surface area contributed by atoms with Gasteiger partial charge in [-0.05, 0) is 43.7 Å². The Morgan fingerprint density at radius 3 is 2.14 bits per heavy atom. The van der Waals surface area contributed by atoms with E-state index in [2.05, 4.69) is 31.3 Å². The lowest BCUT2D eigenvalue weighted by Gasteiger charge is -2.17. The number of unbranched alkanes of at least 4 members (excludes halogenated alkanes) is 7. The predicted molar refractivity (Wildman–Crippen MR) is 95.2 cm³/mol. The maximum absolute atomic E-state index is 6.17. The Labute approximate surface area is 136 Å². The lowest BCUT2D eigenvalue weighted by molar-refractivity contribution is 0.494. The second-order valence-corrected chi connectivity index (χ2v) is 6.60. The van der Waals surface area contributed by atoms with Crippen LogP contribution in [-0.4, -0.2) is 7.05 Å². The molecule has 0 aliphatic carbocycles. The highest BCUT2D eigenvalue weighted by molar-refractivity contribution is 6.30. The lowest BCUT2D eigenvalue weighted by atomic mass is 9.98. The summed E-state index contributed by atoms with van der Waals surface area (Å²) in [5, 5.41) is 4.28. The van der Waals surface area contributed by atoms with E-state index in [1.54, 1.807) is 0 Å². The molecule has 0 bridgehead atoms. The molecule has 0 amide bonds. The van der Waals surface area contributed by atoms with Gasteiger partial charge in [-0.25, -0.2) is 0 Å². The van der Waals surface area contributed by atoms with Crippen molar-refractivity contribution >= 4 is 11.6 Å². The van der Waals surface area contributed by atoms with Crippen molar-refractivity contribution in [1.82, 2.24) is 5.32 Å². The normalized spacial score (nSPS) is 12.6. The zero-order valence-electron chi connectivity index (χ0n) is 14.1. The van der Waals surface area contributed by atoms with Gasteiger partial charge < -0.3 is 5.32 Å². The zero-order chi connectivity index (χ0) is 15.5. The van der Waals surface area contributed by atoms with Crippen LogP contribution >= 0.6 is 11.6 Å². The first-order valence-electron chi connectivity index (χ1n) is 8.61. The third kappa shape index (κ3) is 7.87. The largest absolute Gasteiger partial charge is 0.313 e. The summed E-state index contributed by atoms with van der Waals surface area (Å²) < 4.78 is 0. The van der Waals surface area contributed by atoms with Crippen molar-refractivity contribution < 1.29 is 0 Å². The van der Waals surface area contributed by atoms with Crippen molar-refractivity contribution in [2.75, 3.05) is 7.05 Å². The molecule has 1 atom stereocenters. The molecule has 0 radical (unpaired) electrons. The fraction of sp³-hybridized carbons (Fsp3) is 0.684. The van der Waals surface area contributed by atoms with Gasteiger partial charge >= 0.3 is 0 Å². The summed E-state index contributed by atoms with van der Waals surface area (Å²) in [6, 6.07) is 6.80. The van der Waals surface area contributed by atoms with Crippen LogP contribution in [0.1, 0.15) is 81.9 Å². The van der Waals surface area contributed by atoms with Gasteiger partial charge in [-0.1, -0.05) is 76.0 Å². The van der Waals surface area contributed by atoms with Crippen molar-refractivity contribution in [3.63, 3.8) is 0 Å². The van der Waals surface area contributed by atoms with Crippen LogP contribution in [0.4, 0.5) is 0 Å². The van der Waals surface area contributed by atoms with Crippen molar-refractivity contribution in [2.24, 2.45) is 0 Å². The first-order valence-corrected chi connectivity index (χ1v) is 8.99. The van der Waals surface area contributed by atoms with Crippen LogP contribution in [0.5, 0.6) is 0 Å². The molecule has 1 unspecified atom stereocenters. The number of nitrogens with one attached hydrogen (secondary N) is 1. The van der Waals surface area contributed by atoms with Gasteiger partial charge in [-0.3, -0.25) is 0 Å². The van der Waals surface area contributed by atoms with E-state index in [1.165, 1.54) is 68.9 Å². The zero-order valence-corrected chi connectivity index (χ0v) is 14.8. The SMILES string of the molecule is CCCCCCCCCCC(NC)c1cc(C)cc(Cl)c1. The molecule has 0 heterocycles. The van der Waals surface area contributed by atoms with Gasteiger partial charge in [0.2, 0.25) is 0 Å². The fourth-order valence-corrected chi connectivity index (χ4v) is 3.22. The maximum Gasteiger partial charge on any atom is 0.0411 e. The number of benzene rings is 1. The van der Waals surface area contributed by atoms with Crippen LogP contribution in [-0.2, 0) is 0 Å². The summed E-state index contributed by atoms with van der Waals surface area (Å²) in [4.78, 5) is 0. The summed E-state index contributed by atoms with van der Waals surface area (Å²) in [6.07, 6.45) is 12.2. The third-order valence-electron chi connectivity index (χ3n) is 4.16. The Bertz CT molecular complexity index is 369. The first kappa shape index (κ1) is 18.5. The molecule has 2 heteroatoms. The Hall–Kier alpha value is -0.530. The smallest absolute Gasteiger partial charge is 0.0411 e. The van der Waals surface area contributed by atoms with Crippen LogP contribution < -0.4 is 5.32 Å². The van der Waals surface area contributed by atoms with E-state index in [9.17, 15) is 0 Å². The van der Waals surface area contributed by atoms with E-state index >= 15 is 0 Å². The average molecular weight is 310 g/mol. The van der Waals surface area contributed by atoms with Crippen molar-refractivity contribution in [2.45, 2.75) is 77.7 Å². The maximum atomic E-state index is 6.17.